The van der Waals surface area contributed by atoms with Crippen LogP contribution in [0.25, 0.3) is 10.1 Å². The lowest BCUT2D eigenvalue weighted by Gasteiger charge is -2.19. The zero-order valence-corrected chi connectivity index (χ0v) is 19.5. The maximum Gasteiger partial charge on any atom is 0.417 e. The quantitative estimate of drug-likeness (QED) is 0.269. The van der Waals surface area contributed by atoms with Crippen LogP contribution in [0, 0.1) is 0 Å². The van der Waals surface area contributed by atoms with Crippen LogP contribution in [0.2, 0.25) is 0 Å². The van der Waals surface area contributed by atoms with Crippen LogP contribution in [0.4, 0.5) is 22.0 Å². The van der Waals surface area contributed by atoms with Crippen molar-refractivity contribution in [1.82, 2.24) is 10.3 Å². The lowest BCUT2D eigenvalue weighted by Crippen LogP contribution is -2.35. The molecule has 0 spiro atoms. The SMILES string of the molecule is O=C(NC1(c2cncc(C(F)(F)F)c2)CC1)c1ccc2sc(C(F)(F)P(=O)(O)O)c(Br)c2c1. The van der Waals surface area contributed by atoms with Crippen molar-refractivity contribution in [2.24, 2.45) is 0 Å². The summed E-state index contributed by atoms with van der Waals surface area (Å²) in [6.45, 7) is 0. The smallest absolute Gasteiger partial charge is 0.342 e. The molecule has 14 heteroatoms. The van der Waals surface area contributed by atoms with Crippen molar-refractivity contribution >= 4 is 50.9 Å². The Morgan fingerprint density at radius 1 is 1.15 bits per heavy atom. The fourth-order valence-electron chi connectivity index (χ4n) is 3.29. The molecule has 1 saturated carbocycles. The van der Waals surface area contributed by atoms with E-state index in [-0.39, 0.29) is 25.7 Å². The molecular formula is C19H13BrF5N2O4PS. The number of alkyl halides is 5. The van der Waals surface area contributed by atoms with Crippen LogP contribution >= 0.6 is 34.9 Å². The summed E-state index contributed by atoms with van der Waals surface area (Å²) in [7, 11) is -5.79. The molecule has 6 nitrogen and oxygen atoms in total. The number of hydrogen-bond acceptors (Lipinski definition) is 4. The number of carbonyl (C=O) groups excluding carboxylic acids is 1. The molecule has 4 rings (SSSR count). The maximum absolute atomic E-state index is 14.2. The van der Waals surface area contributed by atoms with Crippen LogP contribution in [0.3, 0.4) is 0 Å². The molecule has 0 saturated heterocycles. The number of nitrogens with one attached hydrogen (secondary N) is 1. The third-order valence-electron chi connectivity index (χ3n) is 5.25. The lowest BCUT2D eigenvalue weighted by molar-refractivity contribution is -0.137. The monoisotopic (exact) mass is 570 g/mol. The molecule has 0 atom stereocenters. The van der Waals surface area contributed by atoms with Crippen LogP contribution in [0.1, 0.15) is 39.2 Å². The summed E-state index contributed by atoms with van der Waals surface area (Å²) in [6.07, 6.45) is -1.87. The predicted molar refractivity (Wildman–Crippen MR) is 113 cm³/mol. The Bertz CT molecular complexity index is 1320. The molecule has 2 heterocycles. The number of halogens is 6. The van der Waals surface area contributed by atoms with E-state index in [9.17, 15) is 31.3 Å². The van der Waals surface area contributed by atoms with Gasteiger partial charge in [-0.15, -0.1) is 11.3 Å². The second-order valence-electron chi connectivity index (χ2n) is 7.54. The molecule has 2 aromatic heterocycles. The van der Waals surface area contributed by atoms with Gasteiger partial charge in [-0.3, -0.25) is 14.3 Å². The number of rotatable bonds is 5. The first-order valence-electron chi connectivity index (χ1n) is 9.17. The molecule has 33 heavy (non-hydrogen) atoms. The van der Waals surface area contributed by atoms with Gasteiger partial charge in [0.05, 0.1) is 11.1 Å². The van der Waals surface area contributed by atoms with Crippen LogP contribution in [-0.4, -0.2) is 20.7 Å². The molecule has 0 unspecified atom stereocenters. The Labute approximate surface area is 195 Å². The Morgan fingerprint density at radius 2 is 1.82 bits per heavy atom. The Hall–Kier alpha value is -1.92. The summed E-state index contributed by atoms with van der Waals surface area (Å²) in [5.74, 6) is -0.645. The summed E-state index contributed by atoms with van der Waals surface area (Å²) in [6, 6.07) is 4.88. The second-order valence-corrected chi connectivity index (χ2v) is 11.0. The van der Waals surface area contributed by atoms with Crippen LogP contribution in [-0.2, 0) is 21.9 Å². The summed E-state index contributed by atoms with van der Waals surface area (Å²) in [5, 5.41) is 2.83. The average Bonchev–Trinajstić information content (AvgIpc) is 3.42. The molecule has 1 aliphatic rings. The standard InChI is InChI=1S/C19H13BrF5N2O4PS/c20-14-12-5-9(1-2-13(12)33-15(14)19(24,25)32(29,30)31)16(28)27-17(3-4-17)10-6-11(8-26-7-10)18(21,22)23/h1-2,5-8H,3-4H2,(H,27,28)(H2,29,30,31). The van der Waals surface area contributed by atoms with Crippen molar-refractivity contribution in [3.8, 4) is 0 Å². The summed E-state index contributed by atoms with van der Waals surface area (Å²) in [5.41, 5.74) is -6.15. The second kappa shape index (κ2) is 7.81. The van der Waals surface area contributed by atoms with E-state index >= 15 is 0 Å². The summed E-state index contributed by atoms with van der Waals surface area (Å²) < 4.78 is 78.7. The fraction of sp³-hybridized carbons (Fsp3) is 0.263. The van der Waals surface area contributed by atoms with Gasteiger partial charge in [0, 0.05) is 32.5 Å². The number of nitrogens with zero attached hydrogens (tertiary/aromatic N) is 1. The third-order valence-corrected chi connectivity index (χ3v) is 8.68. The number of aromatic nitrogens is 1. The third kappa shape index (κ3) is 4.32. The molecule has 1 fully saturated rings. The van der Waals surface area contributed by atoms with Gasteiger partial charge in [-0.2, -0.15) is 22.0 Å². The highest BCUT2D eigenvalue weighted by atomic mass is 79.9. The highest BCUT2D eigenvalue weighted by Crippen LogP contribution is 2.63. The molecule has 1 amide bonds. The number of benzene rings is 1. The first kappa shape index (κ1) is 24.2. The van der Waals surface area contributed by atoms with Gasteiger partial charge in [0.15, 0.2) is 0 Å². The molecule has 3 aromatic rings. The number of amides is 1. The molecule has 176 valence electrons. The Balaban J connectivity index is 1.65. The number of pyridine rings is 1. The topological polar surface area (TPSA) is 99.5 Å². The van der Waals surface area contributed by atoms with Crippen molar-refractivity contribution in [2.45, 2.75) is 30.2 Å². The largest absolute Gasteiger partial charge is 0.417 e. The van der Waals surface area contributed by atoms with E-state index in [1.165, 1.54) is 24.4 Å². The van der Waals surface area contributed by atoms with Crippen LogP contribution < -0.4 is 5.32 Å². The minimum Gasteiger partial charge on any atom is -0.342 e. The minimum atomic E-state index is -5.79. The van der Waals surface area contributed by atoms with Crippen LogP contribution in [0.15, 0.2) is 41.1 Å². The van der Waals surface area contributed by atoms with Crippen molar-refractivity contribution in [3.05, 3.63) is 62.7 Å². The van der Waals surface area contributed by atoms with E-state index in [4.69, 9.17) is 9.79 Å². The molecule has 1 aliphatic carbocycles. The number of carbonyl (C=O) groups is 1. The van der Waals surface area contributed by atoms with E-state index in [0.29, 0.717) is 30.4 Å². The van der Waals surface area contributed by atoms with Gasteiger partial charge in [-0.1, -0.05) is 0 Å². The molecule has 3 N–H and O–H groups in total. The van der Waals surface area contributed by atoms with E-state index in [2.05, 4.69) is 26.2 Å². The van der Waals surface area contributed by atoms with Crippen molar-refractivity contribution in [2.75, 3.05) is 0 Å². The van der Waals surface area contributed by atoms with E-state index in [0.717, 1.165) is 6.07 Å². The first-order valence-corrected chi connectivity index (χ1v) is 12.4. The summed E-state index contributed by atoms with van der Waals surface area (Å²) >= 11 is 3.41. The molecule has 0 bridgehead atoms. The first-order chi connectivity index (χ1) is 15.2. The van der Waals surface area contributed by atoms with E-state index in [1.54, 1.807) is 0 Å². The van der Waals surface area contributed by atoms with Gasteiger partial charge in [0.1, 0.15) is 4.88 Å². The van der Waals surface area contributed by atoms with E-state index < -0.39 is 41.3 Å². The van der Waals surface area contributed by atoms with Gasteiger partial charge < -0.3 is 15.1 Å². The molecule has 1 aromatic carbocycles. The lowest BCUT2D eigenvalue weighted by atomic mass is 10.0. The van der Waals surface area contributed by atoms with Crippen molar-refractivity contribution in [3.63, 3.8) is 0 Å². The van der Waals surface area contributed by atoms with E-state index in [1.807, 2.05) is 0 Å². The minimum absolute atomic E-state index is 0.0401. The van der Waals surface area contributed by atoms with Crippen LogP contribution in [0.5, 0.6) is 0 Å². The predicted octanol–water partition coefficient (Wildman–Crippen LogP) is 5.72. The highest BCUT2D eigenvalue weighted by Gasteiger charge is 2.53. The van der Waals surface area contributed by atoms with Crippen molar-refractivity contribution in [1.29, 1.82) is 0 Å². The van der Waals surface area contributed by atoms with Gasteiger partial charge in [0.2, 0.25) is 0 Å². The maximum atomic E-state index is 14.2. The zero-order chi connectivity index (χ0) is 24.4. The fourth-order valence-corrected chi connectivity index (χ4v) is 6.22. The number of hydrogen-bond donors (Lipinski definition) is 3. The van der Waals surface area contributed by atoms with Gasteiger partial charge in [-0.05, 0) is 58.6 Å². The molecule has 0 radical (unpaired) electrons. The van der Waals surface area contributed by atoms with Gasteiger partial charge >= 0.3 is 19.4 Å². The van der Waals surface area contributed by atoms with Crippen molar-refractivity contribution < 1.29 is 41.1 Å². The van der Waals surface area contributed by atoms with Gasteiger partial charge in [0.25, 0.3) is 5.91 Å². The Kier molecular flexibility index (Phi) is 5.73. The summed E-state index contributed by atoms with van der Waals surface area (Å²) in [4.78, 5) is 33.6. The highest BCUT2D eigenvalue weighted by molar-refractivity contribution is 9.10. The molecule has 0 aliphatic heterocycles. The Morgan fingerprint density at radius 3 is 2.39 bits per heavy atom. The average molecular weight is 571 g/mol. The molecular weight excluding hydrogens is 558 g/mol. The van der Waals surface area contributed by atoms with Gasteiger partial charge in [-0.25, -0.2) is 0 Å². The normalized spacial score (nSPS) is 16.1. The number of thiophene rings is 1. The zero-order valence-electron chi connectivity index (χ0n) is 16.2. The number of fused-ring (bicyclic) bond motifs is 1.